The highest BCUT2D eigenvalue weighted by Gasteiger charge is 2.15. The zero-order valence-electron chi connectivity index (χ0n) is 17.1. The molecule has 1 aromatic heterocycles. The number of H-pyrrole nitrogens is 1. The van der Waals surface area contributed by atoms with Crippen molar-refractivity contribution in [3.8, 4) is 0 Å². The largest absolute Gasteiger partial charge is 0.392 e. The zero-order chi connectivity index (χ0) is 22.5. The third-order valence-corrected chi connectivity index (χ3v) is 5.01. The molecule has 0 fully saturated rings. The smallest absolute Gasteiger partial charge is 0.261 e. The molecule has 0 saturated heterocycles. The van der Waals surface area contributed by atoms with E-state index < -0.39 is 11.5 Å². The molecule has 4 rings (SSSR count). The highest BCUT2D eigenvalue weighted by Crippen LogP contribution is 2.22. The number of carbonyl (C=O) groups is 2. The Labute approximate surface area is 183 Å². The van der Waals surface area contributed by atoms with E-state index in [9.17, 15) is 14.4 Å². The number of amides is 2. The summed E-state index contributed by atoms with van der Waals surface area (Å²) in [6.45, 7) is -0.0547. The highest BCUT2D eigenvalue weighted by molar-refractivity contribution is 6.08. The summed E-state index contributed by atoms with van der Waals surface area (Å²) < 4.78 is 0. The topological polar surface area (TPSA) is 111 Å². The first-order valence-corrected chi connectivity index (χ1v) is 10.0. The summed E-state index contributed by atoms with van der Waals surface area (Å²) in [7, 11) is 0. The molecule has 0 aliphatic heterocycles. The van der Waals surface area contributed by atoms with E-state index in [1.165, 1.54) is 6.07 Å². The molecule has 160 valence electrons. The maximum atomic E-state index is 12.7. The molecule has 3 aromatic carbocycles. The minimum absolute atomic E-state index is 0.0531. The number of rotatable bonds is 6. The van der Waals surface area contributed by atoms with Crippen LogP contribution in [0.4, 0.5) is 11.4 Å². The van der Waals surface area contributed by atoms with Crippen molar-refractivity contribution in [2.24, 2.45) is 0 Å². The molecular weight excluding hydrogens is 406 g/mol. The van der Waals surface area contributed by atoms with Gasteiger partial charge in [0.25, 0.3) is 11.5 Å². The van der Waals surface area contributed by atoms with E-state index in [4.69, 9.17) is 5.11 Å². The number of hydrogen-bond donors (Lipinski definition) is 4. The van der Waals surface area contributed by atoms with Crippen molar-refractivity contribution in [2.75, 3.05) is 10.6 Å². The SMILES string of the molecule is O=C(Cc1ccc(CO)cc1)Nc1cccc2[nH]c(=O)c(C(=O)Nc3ccccc3)cc12. The molecule has 0 atom stereocenters. The summed E-state index contributed by atoms with van der Waals surface area (Å²) in [4.78, 5) is 40.4. The van der Waals surface area contributed by atoms with Gasteiger partial charge in [0.2, 0.25) is 5.91 Å². The van der Waals surface area contributed by atoms with Gasteiger partial charge in [-0.1, -0.05) is 48.5 Å². The quantitative estimate of drug-likeness (QED) is 0.378. The van der Waals surface area contributed by atoms with Crippen LogP contribution in [0.3, 0.4) is 0 Å². The van der Waals surface area contributed by atoms with Gasteiger partial charge in [0.05, 0.1) is 24.2 Å². The average molecular weight is 427 g/mol. The molecule has 0 saturated carbocycles. The lowest BCUT2D eigenvalue weighted by atomic mass is 10.1. The Kier molecular flexibility index (Phi) is 6.10. The first kappa shape index (κ1) is 21.0. The van der Waals surface area contributed by atoms with Crippen LogP contribution in [0.2, 0.25) is 0 Å². The number of hydrogen-bond acceptors (Lipinski definition) is 4. The number of aliphatic hydroxyl groups is 1. The molecule has 0 aliphatic rings. The van der Waals surface area contributed by atoms with Crippen LogP contribution in [0, 0.1) is 0 Å². The van der Waals surface area contributed by atoms with Crippen LogP contribution < -0.4 is 16.2 Å². The summed E-state index contributed by atoms with van der Waals surface area (Å²) in [5.41, 5.74) is 2.58. The number of fused-ring (bicyclic) bond motifs is 1. The van der Waals surface area contributed by atoms with Crippen LogP contribution in [-0.2, 0) is 17.8 Å². The Morgan fingerprint density at radius 3 is 2.28 bits per heavy atom. The first-order chi connectivity index (χ1) is 15.5. The number of anilines is 2. The molecular formula is C25H21N3O4. The normalized spacial score (nSPS) is 10.7. The molecule has 0 bridgehead atoms. The summed E-state index contributed by atoms with van der Waals surface area (Å²) in [6.07, 6.45) is 0.146. The maximum Gasteiger partial charge on any atom is 0.261 e. The van der Waals surface area contributed by atoms with Gasteiger partial charge in [-0.15, -0.1) is 0 Å². The van der Waals surface area contributed by atoms with Crippen molar-refractivity contribution in [2.45, 2.75) is 13.0 Å². The zero-order valence-corrected chi connectivity index (χ0v) is 17.1. The van der Waals surface area contributed by atoms with Gasteiger partial charge in [-0.05, 0) is 41.5 Å². The third-order valence-electron chi connectivity index (χ3n) is 5.01. The summed E-state index contributed by atoms with van der Waals surface area (Å²) in [5, 5.41) is 15.2. The van der Waals surface area contributed by atoms with Crippen molar-refractivity contribution >= 4 is 34.1 Å². The van der Waals surface area contributed by atoms with Crippen molar-refractivity contribution in [1.29, 1.82) is 0 Å². The Balaban J connectivity index is 1.59. The van der Waals surface area contributed by atoms with Crippen molar-refractivity contribution in [3.63, 3.8) is 0 Å². The first-order valence-electron chi connectivity index (χ1n) is 10.0. The molecule has 1 heterocycles. The van der Waals surface area contributed by atoms with Crippen LogP contribution in [0.1, 0.15) is 21.5 Å². The van der Waals surface area contributed by atoms with Gasteiger partial charge in [0, 0.05) is 11.1 Å². The number of carbonyl (C=O) groups excluding carboxylic acids is 2. The fourth-order valence-corrected chi connectivity index (χ4v) is 3.37. The number of pyridine rings is 1. The number of aliphatic hydroxyl groups excluding tert-OH is 1. The summed E-state index contributed by atoms with van der Waals surface area (Å²) in [6, 6.07) is 22.6. The Morgan fingerprint density at radius 1 is 0.844 bits per heavy atom. The predicted molar refractivity (Wildman–Crippen MR) is 124 cm³/mol. The van der Waals surface area contributed by atoms with E-state index in [1.54, 1.807) is 66.7 Å². The fourth-order valence-electron chi connectivity index (χ4n) is 3.37. The molecule has 32 heavy (non-hydrogen) atoms. The van der Waals surface area contributed by atoms with Crippen LogP contribution in [0.15, 0.2) is 83.7 Å². The number of para-hydroxylation sites is 1. The summed E-state index contributed by atoms with van der Waals surface area (Å²) >= 11 is 0. The lowest BCUT2D eigenvalue weighted by molar-refractivity contribution is -0.115. The van der Waals surface area contributed by atoms with E-state index in [0.717, 1.165) is 11.1 Å². The molecule has 0 spiro atoms. The minimum atomic E-state index is -0.538. The number of aromatic amines is 1. The van der Waals surface area contributed by atoms with Crippen molar-refractivity contribution in [3.05, 3.63) is 106 Å². The van der Waals surface area contributed by atoms with Gasteiger partial charge in [0.1, 0.15) is 5.56 Å². The minimum Gasteiger partial charge on any atom is -0.392 e. The van der Waals surface area contributed by atoms with Crippen LogP contribution in [0.25, 0.3) is 10.9 Å². The average Bonchev–Trinajstić information content (AvgIpc) is 2.80. The molecule has 0 aliphatic carbocycles. The third kappa shape index (κ3) is 4.74. The standard InChI is InChI=1S/C25H21N3O4/c29-15-17-11-9-16(10-12-17)13-23(30)27-21-7-4-8-22-19(21)14-20(25(32)28-22)24(31)26-18-5-2-1-3-6-18/h1-12,14,29H,13,15H2,(H,26,31)(H,27,30)(H,28,32). The lowest BCUT2D eigenvalue weighted by Crippen LogP contribution is -2.23. The maximum absolute atomic E-state index is 12.7. The molecule has 7 heteroatoms. The van der Waals surface area contributed by atoms with E-state index in [0.29, 0.717) is 22.3 Å². The summed E-state index contributed by atoms with van der Waals surface area (Å²) in [5.74, 6) is -0.778. The molecule has 0 radical (unpaired) electrons. The molecule has 2 amide bonds. The Bertz CT molecular complexity index is 1330. The molecule has 4 N–H and O–H groups in total. The second-order valence-corrected chi connectivity index (χ2v) is 7.30. The van der Waals surface area contributed by atoms with E-state index in [1.807, 2.05) is 6.07 Å². The molecule has 7 nitrogen and oxygen atoms in total. The van der Waals surface area contributed by atoms with Crippen LogP contribution in [-0.4, -0.2) is 21.9 Å². The fraction of sp³-hybridized carbons (Fsp3) is 0.0800. The number of nitrogens with one attached hydrogen (secondary N) is 3. The number of benzene rings is 3. The predicted octanol–water partition coefficient (Wildman–Crippen LogP) is 3.45. The van der Waals surface area contributed by atoms with Crippen LogP contribution in [0.5, 0.6) is 0 Å². The number of aromatic nitrogens is 1. The second-order valence-electron chi connectivity index (χ2n) is 7.30. The molecule has 4 aromatic rings. The van der Waals surface area contributed by atoms with Gasteiger partial charge in [-0.2, -0.15) is 0 Å². The van der Waals surface area contributed by atoms with Gasteiger partial charge < -0.3 is 20.7 Å². The van der Waals surface area contributed by atoms with Gasteiger partial charge >= 0.3 is 0 Å². The van der Waals surface area contributed by atoms with E-state index in [2.05, 4.69) is 15.6 Å². The van der Waals surface area contributed by atoms with E-state index in [-0.39, 0.29) is 24.5 Å². The highest BCUT2D eigenvalue weighted by atomic mass is 16.3. The van der Waals surface area contributed by atoms with Gasteiger partial charge in [-0.25, -0.2) is 0 Å². The second kappa shape index (κ2) is 9.28. The lowest BCUT2D eigenvalue weighted by Gasteiger charge is -2.11. The molecule has 0 unspecified atom stereocenters. The van der Waals surface area contributed by atoms with E-state index >= 15 is 0 Å². The van der Waals surface area contributed by atoms with Crippen molar-refractivity contribution in [1.82, 2.24) is 4.98 Å². The monoisotopic (exact) mass is 427 g/mol. The van der Waals surface area contributed by atoms with Crippen LogP contribution >= 0.6 is 0 Å². The van der Waals surface area contributed by atoms with Gasteiger partial charge in [0.15, 0.2) is 0 Å². The Hall–Kier alpha value is -4.23. The van der Waals surface area contributed by atoms with Crippen molar-refractivity contribution < 1.29 is 14.7 Å². The Morgan fingerprint density at radius 2 is 1.56 bits per heavy atom. The van der Waals surface area contributed by atoms with Gasteiger partial charge in [-0.3, -0.25) is 14.4 Å².